The van der Waals surface area contributed by atoms with Crippen molar-refractivity contribution in [2.24, 2.45) is 22.9 Å². The highest BCUT2D eigenvalue weighted by Gasteiger charge is 2.42. The molecule has 2 unspecified atom stereocenters. The molecule has 2 fully saturated rings. The summed E-state index contributed by atoms with van der Waals surface area (Å²) in [4.78, 5) is 13.3. The van der Waals surface area contributed by atoms with Gasteiger partial charge in [0.1, 0.15) is 5.71 Å². The van der Waals surface area contributed by atoms with Gasteiger partial charge < -0.3 is 0 Å². The second kappa shape index (κ2) is 8.98. The molecule has 1 saturated carbocycles. The molecule has 5 rings (SSSR count). The van der Waals surface area contributed by atoms with Crippen LogP contribution in [0, 0.1) is 17.8 Å². The molecule has 32 heavy (non-hydrogen) atoms. The Morgan fingerprint density at radius 2 is 1.78 bits per heavy atom. The molecule has 1 amide bonds. The molecule has 168 valence electrons. The number of nitrogens with zero attached hydrogens (tertiary/aromatic N) is 3. The average molecular weight is 536 g/mol. The van der Waals surface area contributed by atoms with Crippen LogP contribution in [0.5, 0.6) is 0 Å². The normalized spacial score (nSPS) is 27.5. The zero-order chi connectivity index (χ0) is 22.4. The molecule has 3 aliphatic rings. The van der Waals surface area contributed by atoms with E-state index in [-0.39, 0.29) is 17.9 Å². The molecule has 1 N–H and O–H groups in total. The van der Waals surface area contributed by atoms with Gasteiger partial charge in [0.15, 0.2) is 0 Å². The summed E-state index contributed by atoms with van der Waals surface area (Å²) in [5.41, 5.74) is 5.44. The van der Waals surface area contributed by atoms with E-state index in [4.69, 9.17) is 28.3 Å². The lowest BCUT2D eigenvalue weighted by Gasteiger charge is -2.27. The van der Waals surface area contributed by atoms with Crippen molar-refractivity contribution in [3.05, 3.63) is 62.5 Å². The average Bonchev–Trinajstić information content (AvgIpc) is 3.42. The van der Waals surface area contributed by atoms with Crippen molar-refractivity contribution in [2.75, 3.05) is 18.1 Å². The van der Waals surface area contributed by atoms with Gasteiger partial charge in [-0.1, -0.05) is 64.6 Å². The summed E-state index contributed by atoms with van der Waals surface area (Å²) in [6.45, 7) is 3.91. The summed E-state index contributed by atoms with van der Waals surface area (Å²) in [5.74, 6) is 1.16. The van der Waals surface area contributed by atoms with Gasteiger partial charge in [-0.25, -0.2) is 5.01 Å². The first-order valence-corrected chi connectivity index (χ1v) is 12.6. The van der Waals surface area contributed by atoms with Gasteiger partial charge >= 0.3 is 0 Å². The van der Waals surface area contributed by atoms with Crippen LogP contribution in [0.1, 0.15) is 37.8 Å². The predicted octanol–water partition coefficient (Wildman–Crippen LogP) is 6.07. The number of hydrogen-bond donors (Lipinski definition) is 1. The third-order valence-electron chi connectivity index (χ3n) is 6.97. The van der Waals surface area contributed by atoms with E-state index in [1.807, 2.05) is 30.1 Å². The number of benzene rings is 2. The van der Waals surface area contributed by atoms with Crippen molar-refractivity contribution in [3.63, 3.8) is 0 Å². The summed E-state index contributed by atoms with van der Waals surface area (Å²) in [6.07, 6.45) is 3.85. The van der Waals surface area contributed by atoms with Crippen LogP contribution in [0.15, 0.2) is 52.0 Å². The molecule has 0 aromatic heterocycles. The maximum atomic E-state index is 13.3. The Morgan fingerprint density at radius 1 is 1.09 bits per heavy atom. The molecule has 2 aromatic rings. The number of rotatable bonds is 4. The monoisotopic (exact) mass is 534 g/mol. The fourth-order valence-electron chi connectivity index (χ4n) is 5.37. The number of carbonyl (C=O) groups is 1. The smallest absolute Gasteiger partial charge is 0.282 e. The van der Waals surface area contributed by atoms with Gasteiger partial charge in [0.25, 0.3) is 5.91 Å². The van der Waals surface area contributed by atoms with Crippen molar-refractivity contribution in [3.8, 4) is 0 Å². The number of amides is 1. The Balaban J connectivity index is 1.44. The van der Waals surface area contributed by atoms with E-state index in [0.29, 0.717) is 27.6 Å². The number of hydrazone groups is 1. The molecular weight excluding hydrogens is 511 g/mol. The number of fused-ring (bicyclic) bond motifs is 1. The summed E-state index contributed by atoms with van der Waals surface area (Å²) < 4.78 is 1.00. The van der Waals surface area contributed by atoms with Crippen molar-refractivity contribution >= 4 is 56.4 Å². The van der Waals surface area contributed by atoms with Crippen molar-refractivity contribution in [1.82, 2.24) is 10.4 Å². The number of hydrogen-bond acceptors (Lipinski definition) is 4. The molecule has 2 aromatic carbocycles. The maximum absolute atomic E-state index is 13.3. The maximum Gasteiger partial charge on any atom is 0.282 e. The summed E-state index contributed by atoms with van der Waals surface area (Å²) in [7, 11) is 0. The van der Waals surface area contributed by atoms with Crippen LogP contribution < -0.4 is 10.4 Å². The van der Waals surface area contributed by atoms with E-state index >= 15 is 0 Å². The Hall–Kier alpha value is -1.60. The quantitative estimate of drug-likeness (QED) is 0.516. The molecule has 1 aliphatic carbocycles. The van der Waals surface area contributed by atoms with Gasteiger partial charge in [0.2, 0.25) is 0 Å². The Kier molecular flexibility index (Phi) is 6.23. The Labute approximate surface area is 206 Å². The molecular formula is C24H25BrCl2N4O. The standard InChI is InChI=1S/C24H25BrCl2N4O/c1-14-22(24(32)29-30-12-16-3-2-4-17(16)13-30)28-31(21-10-9-19(26)11-20(21)27)23(14)15-5-7-18(25)8-6-15/h5-11,14,16-17,23H,2-4,12-13H2,1H3,(H,29,32)/t14-,16?,17?,23-/m1/s1. The zero-order valence-corrected chi connectivity index (χ0v) is 20.9. The number of hydrazine groups is 1. The SMILES string of the molecule is C[C@@H]1C(C(=O)NN2CC3CCCC3C2)=NN(c2ccc(Cl)cc2Cl)[C@H]1c1ccc(Br)cc1. The third-order valence-corrected chi connectivity index (χ3v) is 8.04. The molecule has 0 radical (unpaired) electrons. The molecule has 5 nitrogen and oxygen atoms in total. The Bertz CT molecular complexity index is 1050. The first kappa shape index (κ1) is 22.2. The largest absolute Gasteiger partial charge is 0.284 e. The lowest BCUT2D eigenvalue weighted by molar-refractivity contribution is -0.119. The van der Waals surface area contributed by atoms with Crippen LogP contribution in [-0.4, -0.2) is 29.7 Å². The highest BCUT2D eigenvalue weighted by molar-refractivity contribution is 9.10. The van der Waals surface area contributed by atoms with Crippen LogP contribution >= 0.6 is 39.1 Å². The van der Waals surface area contributed by atoms with Gasteiger partial charge in [-0.2, -0.15) is 5.10 Å². The Morgan fingerprint density at radius 3 is 2.44 bits per heavy atom. The fourth-order valence-corrected chi connectivity index (χ4v) is 6.13. The van der Waals surface area contributed by atoms with Gasteiger partial charge in [0, 0.05) is 28.5 Å². The third kappa shape index (κ3) is 4.18. The lowest BCUT2D eigenvalue weighted by Crippen LogP contribution is -2.45. The number of halogens is 3. The van der Waals surface area contributed by atoms with Crippen molar-refractivity contribution < 1.29 is 4.79 Å². The predicted molar refractivity (Wildman–Crippen MR) is 133 cm³/mol. The summed E-state index contributed by atoms with van der Waals surface area (Å²) in [5, 5.41) is 9.81. The molecule has 2 heterocycles. The minimum atomic E-state index is -0.152. The molecule has 1 saturated heterocycles. The van der Waals surface area contributed by atoms with E-state index in [1.54, 1.807) is 12.1 Å². The van der Waals surface area contributed by atoms with E-state index in [0.717, 1.165) is 28.8 Å². The fraction of sp³-hybridized carbons (Fsp3) is 0.417. The minimum Gasteiger partial charge on any atom is -0.284 e. The van der Waals surface area contributed by atoms with Gasteiger partial charge in [0.05, 0.1) is 16.8 Å². The molecule has 0 bridgehead atoms. The highest BCUT2D eigenvalue weighted by Crippen LogP contribution is 2.43. The second-order valence-electron chi connectivity index (χ2n) is 9.01. The van der Waals surface area contributed by atoms with Crippen LogP contribution in [0.3, 0.4) is 0 Å². The topological polar surface area (TPSA) is 47.9 Å². The van der Waals surface area contributed by atoms with E-state index < -0.39 is 0 Å². The summed E-state index contributed by atoms with van der Waals surface area (Å²) >= 11 is 16.2. The van der Waals surface area contributed by atoms with E-state index in [1.165, 1.54) is 19.3 Å². The molecule has 2 aliphatic heterocycles. The minimum absolute atomic E-state index is 0.120. The van der Waals surface area contributed by atoms with Crippen LogP contribution in [0.4, 0.5) is 5.69 Å². The van der Waals surface area contributed by atoms with E-state index in [9.17, 15) is 4.79 Å². The highest BCUT2D eigenvalue weighted by atomic mass is 79.9. The van der Waals surface area contributed by atoms with Gasteiger partial charge in [-0.3, -0.25) is 15.2 Å². The van der Waals surface area contributed by atoms with Crippen LogP contribution in [0.2, 0.25) is 10.0 Å². The van der Waals surface area contributed by atoms with E-state index in [2.05, 4.69) is 38.5 Å². The lowest BCUT2D eigenvalue weighted by atomic mass is 9.91. The number of carbonyl (C=O) groups excluding carboxylic acids is 1. The van der Waals surface area contributed by atoms with Crippen molar-refractivity contribution in [2.45, 2.75) is 32.2 Å². The molecule has 8 heteroatoms. The van der Waals surface area contributed by atoms with Crippen LogP contribution in [-0.2, 0) is 4.79 Å². The number of nitrogens with one attached hydrogen (secondary N) is 1. The first-order valence-electron chi connectivity index (χ1n) is 11.0. The summed E-state index contributed by atoms with van der Waals surface area (Å²) in [6, 6.07) is 13.3. The van der Waals surface area contributed by atoms with Crippen LogP contribution in [0.25, 0.3) is 0 Å². The van der Waals surface area contributed by atoms with Crippen molar-refractivity contribution in [1.29, 1.82) is 0 Å². The zero-order valence-electron chi connectivity index (χ0n) is 17.8. The molecule has 4 atom stereocenters. The second-order valence-corrected chi connectivity index (χ2v) is 10.8. The first-order chi connectivity index (χ1) is 15.4. The van der Waals surface area contributed by atoms with Gasteiger partial charge in [-0.15, -0.1) is 0 Å². The molecule has 0 spiro atoms. The van der Waals surface area contributed by atoms with Gasteiger partial charge in [-0.05, 0) is 60.6 Å². The number of anilines is 1.